The van der Waals surface area contributed by atoms with Crippen molar-refractivity contribution in [3.63, 3.8) is 0 Å². The summed E-state index contributed by atoms with van der Waals surface area (Å²) in [4.78, 5) is 22.2. The topological polar surface area (TPSA) is 105 Å². The summed E-state index contributed by atoms with van der Waals surface area (Å²) < 4.78 is 20.4. The SMILES string of the molecule is CC12CCN(CC1)c1nc(F)ccc1N=C/C(=N\N)c1ccnc(n1)N1CCCC(/C=C\CO2)C1. The molecule has 0 radical (unpaired) electrons. The Morgan fingerprint density at radius 2 is 2.00 bits per heavy atom. The summed E-state index contributed by atoms with van der Waals surface area (Å²) in [6.07, 6.45) is 11.5. The molecule has 2 saturated heterocycles. The number of pyridine rings is 1. The quantitative estimate of drug-likeness (QED) is 0.268. The molecule has 2 N–H and O–H groups in total. The number of rotatable bonds is 0. The molecule has 2 fully saturated rings. The Hall–Kier alpha value is -3.40. The number of ether oxygens (including phenoxy) is 1. The third-order valence-corrected chi connectivity index (χ3v) is 6.99. The Bertz CT molecular complexity index is 1140. The normalized spacial score (nSPS) is 27.1. The molecule has 4 aliphatic rings. The van der Waals surface area contributed by atoms with Gasteiger partial charge in [-0.3, -0.25) is 4.99 Å². The van der Waals surface area contributed by atoms with Gasteiger partial charge in [-0.2, -0.15) is 9.49 Å². The molecule has 1 unspecified atom stereocenters. The highest BCUT2D eigenvalue weighted by molar-refractivity contribution is 6.38. The minimum absolute atomic E-state index is 0.231. The third kappa shape index (κ3) is 5.32. The van der Waals surface area contributed by atoms with Crippen LogP contribution in [0.5, 0.6) is 0 Å². The molecule has 2 aromatic heterocycles. The van der Waals surface area contributed by atoms with Crippen molar-refractivity contribution in [1.29, 1.82) is 0 Å². The van der Waals surface area contributed by atoms with Crippen LogP contribution in [0.3, 0.4) is 0 Å². The van der Waals surface area contributed by atoms with Crippen LogP contribution >= 0.6 is 0 Å². The Balaban J connectivity index is 1.51. The molecule has 6 rings (SSSR count). The van der Waals surface area contributed by atoms with Crippen molar-refractivity contribution in [1.82, 2.24) is 15.0 Å². The average Bonchev–Trinajstić information content (AvgIpc) is 2.88. The fourth-order valence-corrected chi connectivity index (χ4v) is 4.87. The molecule has 6 bridgehead atoms. The van der Waals surface area contributed by atoms with E-state index < -0.39 is 5.95 Å². The molecular formula is C25H31FN8O. The standard InChI is InChI=1S/C25H31FN8O/c1-25-9-13-33(14-10-25)23-20(6-7-22(26)31-23)29-16-21(32-27)19-8-11-28-24(30-19)34-12-2-4-18(17-34)5-3-15-35-25/h3,5-8,11,16,18H,2,4,9-10,12-15,17,27H2,1H3/b5-3-,29-16?,32-21+. The zero-order valence-corrected chi connectivity index (χ0v) is 20.0. The largest absolute Gasteiger partial charge is 0.371 e. The second-order valence-electron chi connectivity index (χ2n) is 9.52. The lowest BCUT2D eigenvalue weighted by atomic mass is 9.93. The minimum Gasteiger partial charge on any atom is -0.371 e. The summed E-state index contributed by atoms with van der Waals surface area (Å²) in [5, 5.41) is 3.91. The molecule has 0 aromatic carbocycles. The highest BCUT2D eigenvalue weighted by Crippen LogP contribution is 2.33. The van der Waals surface area contributed by atoms with Gasteiger partial charge in [0.25, 0.3) is 0 Å². The van der Waals surface area contributed by atoms with Crippen LogP contribution < -0.4 is 15.6 Å². The first kappa shape index (κ1) is 23.3. The van der Waals surface area contributed by atoms with E-state index in [-0.39, 0.29) is 5.60 Å². The van der Waals surface area contributed by atoms with E-state index in [0.29, 0.717) is 54.5 Å². The van der Waals surface area contributed by atoms with Gasteiger partial charge in [-0.25, -0.2) is 15.0 Å². The smallest absolute Gasteiger partial charge is 0.225 e. The Morgan fingerprint density at radius 1 is 1.14 bits per heavy atom. The van der Waals surface area contributed by atoms with E-state index in [1.54, 1.807) is 24.5 Å². The molecule has 0 amide bonds. The molecule has 2 aromatic rings. The number of hydrogen-bond acceptors (Lipinski definition) is 9. The molecular weight excluding hydrogens is 447 g/mol. The van der Waals surface area contributed by atoms with Crippen LogP contribution in [0.4, 0.5) is 21.8 Å². The molecule has 10 heteroatoms. The van der Waals surface area contributed by atoms with Gasteiger partial charge in [-0.05, 0) is 56.7 Å². The van der Waals surface area contributed by atoms with E-state index in [1.165, 1.54) is 6.07 Å². The number of nitrogens with two attached hydrogens (primary N) is 1. The van der Waals surface area contributed by atoms with Gasteiger partial charge in [0, 0.05) is 32.4 Å². The number of aromatic nitrogens is 3. The highest BCUT2D eigenvalue weighted by Gasteiger charge is 2.32. The van der Waals surface area contributed by atoms with E-state index in [0.717, 1.165) is 38.8 Å². The van der Waals surface area contributed by atoms with E-state index in [4.69, 9.17) is 15.6 Å². The van der Waals surface area contributed by atoms with Crippen molar-refractivity contribution >= 4 is 29.4 Å². The van der Waals surface area contributed by atoms with Crippen LogP contribution in [-0.4, -0.2) is 65.3 Å². The van der Waals surface area contributed by atoms with Crippen LogP contribution in [0.2, 0.25) is 0 Å². The van der Waals surface area contributed by atoms with Gasteiger partial charge in [0.15, 0.2) is 5.82 Å². The number of piperidine rings is 2. The zero-order chi connectivity index (χ0) is 24.3. The first-order valence-electron chi connectivity index (χ1n) is 12.2. The fourth-order valence-electron chi connectivity index (χ4n) is 4.87. The summed E-state index contributed by atoms with van der Waals surface area (Å²) >= 11 is 0. The second-order valence-corrected chi connectivity index (χ2v) is 9.52. The van der Waals surface area contributed by atoms with Crippen molar-refractivity contribution in [2.45, 2.75) is 38.2 Å². The number of anilines is 2. The van der Waals surface area contributed by atoms with Gasteiger partial charge >= 0.3 is 0 Å². The predicted molar refractivity (Wildman–Crippen MR) is 135 cm³/mol. The van der Waals surface area contributed by atoms with E-state index in [2.05, 4.69) is 48.9 Å². The van der Waals surface area contributed by atoms with Crippen molar-refractivity contribution in [3.05, 3.63) is 48.2 Å². The maximum absolute atomic E-state index is 14.1. The fraction of sp³-hybridized carbons (Fsp3) is 0.480. The van der Waals surface area contributed by atoms with Crippen LogP contribution in [0.1, 0.15) is 38.3 Å². The van der Waals surface area contributed by atoms with Gasteiger partial charge < -0.3 is 20.4 Å². The van der Waals surface area contributed by atoms with Gasteiger partial charge in [0.2, 0.25) is 11.9 Å². The van der Waals surface area contributed by atoms with Crippen molar-refractivity contribution in [3.8, 4) is 0 Å². The van der Waals surface area contributed by atoms with E-state index in [1.807, 2.05) is 0 Å². The van der Waals surface area contributed by atoms with Crippen LogP contribution in [-0.2, 0) is 4.74 Å². The van der Waals surface area contributed by atoms with Crippen molar-refractivity contribution < 1.29 is 9.13 Å². The summed E-state index contributed by atoms with van der Waals surface area (Å²) in [5.41, 5.74) is 1.31. The van der Waals surface area contributed by atoms with E-state index >= 15 is 0 Å². The molecule has 0 spiro atoms. The van der Waals surface area contributed by atoms with Gasteiger partial charge in [-0.15, -0.1) is 0 Å². The molecule has 9 nitrogen and oxygen atoms in total. The van der Waals surface area contributed by atoms with Gasteiger partial charge in [-0.1, -0.05) is 12.2 Å². The average molecular weight is 479 g/mol. The monoisotopic (exact) mass is 478 g/mol. The third-order valence-electron chi connectivity index (χ3n) is 6.99. The maximum Gasteiger partial charge on any atom is 0.225 e. The second kappa shape index (κ2) is 10.1. The minimum atomic E-state index is -0.541. The molecule has 6 heterocycles. The summed E-state index contributed by atoms with van der Waals surface area (Å²) in [5.74, 6) is 6.73. The number of hydrazone groups is 1. The molecule has 1 atom stereocenters. The highest BCUT2D eigenvalue weighted by atomic mass is 19.1. The number of hydrogen-bond donors (Lipinski definition) is 1. The molecule has 0 saturated carbocycles. The Morgan fingerprint density at radius 3 is 2.83 bits per heavy atom. The Kier molecular flexibility index (Phi) is 6.72. The zero-order valence-electron chi connectivity index (χ0n) is 20.0. The number of nitrogens with zero attached hydrogens (tertiary/aromatic N) is 7. The predicted octanol–water partition coefficient (Wildman–Crippen LogP) is 3.24. The molecule has 4 aliphatic heterocycles. The van der Waals surface area contributed by atoms with Crippen molar-refractivity contribution in [2.75, 3.05) is 42.6 Å². The summed E-state index contributed by atoms with van der Waals surface area (Å²) in [7, 11) is 0. The maximum atomic E-state index is 14.1. The van der Waals surface area contributed by atoms with Crippen LogP contribution in [0, 0.1) is 11.9 Å². The number of fused-ring (bicyclic) bond motifs is 5. The lowest BCUT2D eigenvalue weighted by Crippen LogP contribution is -2.44. The lowest BCUT2D eigenvalue weighted by Gasteiger charge is -2.39. The van der Waals surface area contributed by atoms with Gasteiger partial charge in [0.1, 0.15) is 11.4 Å². The first-order chi connectivity index (χ1) is 17.0. The first-order valence-corrected chi connectivity index (χ1v) is 12.2. The number of aliphatic imine (C=N–C) groups is 1. The molecule has 35 heavy (non-hydrogen) atoms. The molecule has 0 aliphatic carbocycles. The van der Waals surface area contributed by atoms with Crippen LogP contribution in [0.25, 0.3) is 0 Å². The summed E-state index contributed by atoms with van der Waals surface area (Å²) in [6, 6.07) is 4.70. The summed E-state index contributed by atoms with van der Waals surface area (Å²) in [6.45, 7) is 5.86. The Labute approximate surface area is 204 Å². The van der Waals surface area contributed by atoms with Crippen molar-refractivity contribution in [2.24, 2.45) is 21.9 Å². The lowest BCUT2D eigenvalue weighted by molar-refractivity contribution is -0.0337. The number of halogens is 1. The van der Waals surface area contributed by atoms with E-state index in [9.17, 15) is 4.39 Å². The molecule has 184 valence electrons. The van der Waals surface area contributed by atoms with Gasteiger partial charge in [0.05, 0.1) is 24.1 Å². The van der Waals surface area contributed by atoms with Crippen LogP contribution in [0.15, 0.2) is 46.6 Å².